The number of fused-ring (bicyclic) bond motifs is 1. The normalized spacial score (nSPS) is 14.7. The summed E-state index contributed by atoms with van der Waals surface area (Å²) in [5.41, 5.74) is 1.26. The lowest BCUT2D eigenvalue weighted by molar-refractivity contribution is -0.113. The smallest absolute Gasteiger partial charge is 0.251 e. The third-order valence-corrected chi connectivity index (χ3v) is 4.73. The van der Waals surface area contributed by atoms with Gasteiger partial charge in [-0.2, -0.15) is 0 Å². The molecule has 2 amide bonds. The average Bonchev–Trinajstić information content (AvgIpc) is 3.05. The van der Waals surface area contributed by atoms with Gasteiger partial charge in [0, 0.05) is 22.9 Å². The van der Waals surface area contributed by atoms with Crippen LogP contribution in [-0.4, -0.2) is 23.6 Å². The van der Waals surface area contributed by atoms with Crippen LogP contribution in [0.4, 0.5) is 5.69 Å². The van der Waals surface area contributed by atoms with E-state index in [9.17, 15) is 9.59 Å². The van der Waals surface area contributed by atoms with Crippen molar-refractivity contribution in [3.63, 3.8) is 0 Å². The number of anilines is 1. The molecule has 0 fully saturated rings. The average molecular weight is 330 g/mol. The minimum atomic E-state index is -0.135. The number of hydrogen-bond acceptors (Lipinski definition) is 4. The van der Waals surface area contributed by atoms with Gasteiger partial charge < -0.3 is 15.1 Å². The van der Waals surface area contributed by atoms with E-state index in [0.717, 1.165) is 23.5 Å². The molecule has 2 N–H and O–H groups in total. The van der Waals surface area contributed by atoms with Crippen LogP contribution in [0.1, 0.15) is 29.5 Å². The summed E-state index contributed by atoms with van der Waals surface area (Å²) in [4.78, 5) is 24.8. The molecule has 2 heterocycles. The topological polar surface area (TPSA) is 71.3 Å². The summed E-state index contributed by atoms with van der Waals surface area (Å²) in [5.74, 6) is 1.17. The second-order valence-corrected chi connectivity index (χ2v) is 6.56. The first-order valence-electron chi connectivity index (χ1n) is 7.52. The molecule has 6 heteroatoms. The van der Waals surface area contributed by atoms with Crippen LogP contribution in [0.25, 0.3) is 0 Å². The molecule has 2 aromatic rings. The van der Waals surface area contributed by atoms with Gasteiger partial charge in [0.2, 0.25) is 5.91 Å². The summed E-state index contributed by atoms with van der Waals surface area (Å²) in [7, 11) is 0. The van der Waals surface area contributed by atoms with Crippen molar-refractivity contribution in [3.8, 4) is 0 Å². The van der Waals surface area contributed by atoms with Crippen LogP contribution in [0.15, 0.2) is 45.9 Å². The van der Waals surface area contributed by atoms with Gasteiger partial charge in [-0.3, -0.25) is 9.59 Å². The second kappa shape index (κ2) is 6.91. The zero-order chi connectivity index (χ0) is 16.2. The van der Waals surface area contributed by atoms with Gasteiger partial charge in [0.05, 0.1) is 17.7 Å². The van der Waals surface area contributed by atoms with E-state index in [1.165, 1.54) is 11.8 Å². The van der Waals surface area contributed by atoms with Gasteiger partial charge in [0.15, 0.2) is 0 Å². The van der Waals surface area contributed by atoms with E-state index in [2.05, 4.69) is 10.6 Å². The molecule has 5 nitrogen and oxygen atoms in total. The molecule has 3 rings (SSSR count). The van der Waals surface area contributed by atoms with E-state index >= 15 is 0 Å². The summed E-state index contributed by atoms with van der Waals surface area (Å²) in [5, 5.41) is 5.78. The number of carbonyl (C=O) groups excluding carboxylic acids is 2. The maximum atomic E-state index is 12.3. The van der Waals surface area contributed by atoms with E-state index in [0.29, 0.717) is 17.0 Å². The van der Waals surface area contributed by atoms with Crippen molar-refractivity contribution < 1.29 is 14.0 Å². The van der Waals surface area contributed by atoms with Gasteiger partial charge in [0.25, 0.3) is 5.91 Å². The first-order chi connectivity index (χ1) is 11.1. The van der Waals surface area contributed by atoms with Crippen LogP contribution < -0.4 is 10.6 Å². The number of aryl methyl sites for hydroxylation is 1. The monoisotopic (exact) mass is 330 g/mol. The van der Waals surface area contributed by atoms with Crippen LogP contribution in [0.3, 0.4) is 0 Å². The van der Waals surface area contributed by atoms with E-state index in [1.807, 2.05) is 25.1 Å². The lowest BCUT2D eigenvalue weighted by Gasteiger charge is -2.18. The molecular weight excluding hydrogens is 312 g/mol. The minimum absolute atomic E-state index is 0.0348. The van der Waals surface area contributed by atoms with Crippen molar-refractivity contribution in [1.29, 1.82) is 0 Å². The maximum absolute atomic E-state index is 12.3. The number of benzene rings is 1. The largest absolute Gasteiger partial charge is 0.469 e. The van der Waals surface area contributed by atoms with Crippen LogP contribution in [0.5, 0.6) is 0 Å². The van der Waals surface area contributed by atoms with Gasteiger partial charge in [-0.05, 0) is 43.7 Å². The highest BCUT2D eigenvalue weighted by Crippen LogP contribution is 2.31. The molecule has 1 unspecified atom stereocenters. The maximum Gasteiger partial charge on any atom is 0.251 e. The fraction of sp³-hybridized carbons (Fsp3) is 0.294. The molecule has 1 aliphatic rings. The highest BCUT2D eigenvalue weighted by Gasteiger charge is 2.18. The predicted octanol–water partition coefficient (Wildman–Crippen LogP) is 3.07. The van der Waals surface area contributed by atoms with Crippen molar-refractivity contribution in [1.82, 2.24) is 5.32 Å². The molecule has 0 radical (unpaired) electrons. The Hall–Kier alpha value is -2.21. The quantitative estimate of drug-likeness (QED) is 0.884. The number of furan rings is 1. The van der Waals surface area contributed by atoms with E-state index < -0.39 is 0 Å². The first kappa shape index (κ1) is 15.7. The van der Waals surface area contributed by atoms with E-state index in [-0.39, 0.29) is 17.9 Å². The number of rotatable bonds is 5. The summed E-state index contributed by atoms with van der Waals surface area (Å²) < 4.78 is 5.29. The number of carbonyl (C=O) groups is 2. The minimum Gasteiger partial charge on any atom is -0.469 e. The molecule has 120 valence electrons. The third-order valence-electron chi connectivity index (χ3n) is 3.66. The van der Waals surface area contributed by atoms with E-state index in [1.54, 1.807) is 18.4 Å². The second-order valence-electron chi connectivity index (χ2n) is 5.54. The molecule has 0 saturated heterocycles. The molecule has 23 heavy (non-hydrogen) atoms. The molecular formula is C17H18N2O3S. The highest BCUT2D eigenvalue weighted by molar-refractivity contribution is 8.00. The molecule has 0 aliphatic carbocycles. The van der Waals surface area contributed by atoms with Crippen molar-refractivity contribution in [2.45, 2.75) is 30.7 Å². The molecule has 1 aromatic carbocycles. The van der Waals surface area contributed by atoms with Crippen LogP contribution in [-0.2, 0) is 11.2 Å². The number of nitrogens with one attached hydrogen (secondary N) is 2. The first-order valence-corrected chi connectivity index (χ1v) is 8.50. The molecule has 1 atom stereocenters. The summed E-state index contributed by atoms with van der Waals surface area (Å²) >= 11 is 1.48. The fourth-order valence-corrected chi connectivity index (χ4v) is 3.21. The molecule has 1 aliphatic heterocycles. The number of hydrogen-bond donors (Lipinski definition) is 2. The third kappa shape index (κ3) is 3.96. The highest BCUT2D eigenvalue weighted by atomic mass is 32.2. The SMILES string of the molecule is CC(CCc1ccco1)NC(=O)c1ccc2c(c1)NC(=O)CS2. The summed E-state index contributed by atoms with van der Waals surface area (Å²) in [6, 6.07) is 9.22. The zero-order valence-electron chi connectivity index (χ0n) is 12.8. The molecule has 0 spiro atoms. The Morgan fingerprint density at radius 2 is 2.30 bits per heavy atom. The van der Waals surface area contributed by atoms with E-state index in [4.69, 9.17) is 4.42 Å². The Morgan fingerprint density at radius 3 is 3.09 bits per heavy atom. The van der Waals surface area contributed by atoms with Crippen molar-refractivity contribution >= 4 is 29.3 Å². The van der Waals surface area contributed by atoms with Crippen molar-refractivity contribution in [2.24, 2.45) is 0 Å². The van der Waals surface area contributed by atoms with Gasteiger partial charge in [-0.15, -0.1) is 11.8 Å². The predicted molar refractivity (Wildman–Crippen MR) is 89.8 cm³/mol. The van der Waals surface area contributed by atoms with Crippen LogP contribution in [0.2, 0.25) is 0 Å². The number of amides is 2. The van der Waals surface area contributed by atoms with Gasteiger partial charge in [-0.25, -0.2) is 0 Å². The Kier molecular flexibility index (Phi) is 4.71. The Balaban J connectivity index is 1.59. The van der Waals surface area contributed by atoms with Crippen LogP contribution in [0, 0.1) is 0 Å². The lowest BCUT2D eigenvalue weighted by atomic mass is 10.1. The summed E-state index contributed by atoms with van der Waals surface area (Å²) in [6.45, 7) is 1.97. The molecule has 1 aromatic heterocycles. The van der Waals surface area contributed by atoms with Crippen molar-refractivity contribution in [2.75, 3.05) is 11.1 Å². The van der Waals surface area contributed by atoms with Crippen LogP contribution >= 0.6 is 11.8 Å². The van der Waals surface area contributed by atoms with Gasteiger partial charge >= 0.3 is 0 Å². The van der Waals surface area contributed by atoms with Gasteiger partial charge in [-0.1, -0.05) is 0 Å². The summed E-state index contributed by atoms with van der Waals surface area (Å²) in [6.07, 6.45) is 3.24. The molecule has 0 bridgehead atoms. The molecule has 0 saturated carbocycles. The Bertz CT molecular complexity index is 713. The number of thioether (sulfide) groups is 1. The lowest BCUT2D eigenvalue weighted by Crippen LogP contribution is -2.33. The standard InChI is InChI=1S/C17H18N2O3S/c1-11(4-6-13-3-2-8-22-13)18-17(21)12-5-7-15-14(9-12)19-16(20)10-23-15/h2-3,5,7-9,11H,4,6,10H2,1H3,(H,18,21)(H,19,20). The fourth-order valence-electron chi connectivity index (χ4n) is 2.42. The van der Waals surface area contributed by atoms with Crippen molar-refractivity contribution in [3.05, 3.63) is 47.9 Å². The van der Waals surface area contributed by atoms with Gasteiger partial charge in [0.1, 0.15) is 5.76 Å². The Labute approximate surface area is 138 Å². The zero-order valence-corrected chi connectivity index (χ0v) is 13.6. The Morgan fingerprint density at radius 1 is 1.43 bits per heavy atom.